The van der Waals surface area contributed by atoms with Gasteiger partial charge >= 0.3 is 0 Å². The Morgan fingerprint density at radius 3 is 2.97 bits per heavy atom. The largest absolute Gasteiger partial charge is 0.383 e. The second-order valence-electron chi connectivity index (χ2n) is 7.02. The van der Waals surface area contributed by atoms with Gasteiger partial charge in [-0.1, -0.05) is 18.2 Å². The first kappa shape index (κ1) is 19.5. The number of likely N-dealkylation sites (tertiary alicyclic amines) is 1. The van der Waals surface area contributed by atoms with Crippen molar-refractivity contribution in [2.45, 2.75) is 6.42 Å². The maximum Gasteiger partial charge on any atom is 0.230 e. The van der Waals surface area contributed by atoms with Crippen LogP contribution in [0.15, 0.2) is 42.6 Å². The summed E-state index contributed by atoms with van der Waals surface area (Å²) < 4.78 is 6.44. The number of amides is 2. The van der Waals surface area contributed by atoms with E-state index in [1.807, 2.05) is 36.4 Å². The van der Waals surface area contributed by atoms with Gasteiger partial charge in [-0.3, -0.25) is 9.59 Å². The lowest BCUT2D eigenvalue weighted by Gasteiger charge is -2.16. The number of benzene rings is 1. The van der Waals surface area contributed by atoms with E-state index in [-0.39, 0.29) is 29.6 Å². The fourth-order valence-electron chi connectivity index (χ4n) is 3.48. The summed E-state index contributed by atoms with van der Waals surface area (Å²) in [7, 11) is 1.57. The number of nitrogens with zero attached hydrogens (tertiary/aromatic N) is 5. The number of carbonyl (C=O) groups is 2. The summed E-state index contributed by atoms with van der Waals surface area (Å²) in [6.07, 6.45) is 1.51. The summed E-state index contributed by atoms with van der Waals surface area (Å²) in [6, 6.07) is 13.4. The van der Waals surface area contributed by atoms with Gasteiger partial charge in [0.05, 0.1) is 24.2 Å². The van der Waals surface area contributed by atoms with Crippen molar-refractivity contribution < 1.29 is 14.3 Å². The van der Waals surface area contributed by atoms with Crippen molar-refractivity contribution in [2.24, 2.45) is 5.92 Å². The van der Waals surface area contributed by atoms with Gasteiger partial charge in [-0.05, 0) is 18.2 Å². The third-order valence-electron chi connectivity index (χ3n) is 5.08. The van der Waals surface area contributed by atoms with Crippen LogP contribution in [-0.4, -0.2) is 58.3 Å². The van der Waals surface area contributed by atoms with Crippen molar-refractivity contribution in [3.63, 3.8) is 0 Å². The molecule has 1 atom stereocenters. The summed E-state index contributed by atoms with van der Waals surface area (Å²) in [6.45, 7) is 1.18. The molecule has 2 amide bonds. The maximum atomic E-state index is 12.8. The zero-order valence-corrected chi connectivity index (χ0v) is 16.4. The van der Waals surface area contributed by atoms with Gasteiger partial charge in [-0.25, -0.2) is 4.98 Å². The van der Waals surface area contributed by atoms with Gasteiger partial charge in [0.2, 0.25) is 11.8 Å². The first-order valence-electron chi connectivity index (χ1n) is 9.52. The highest BCUT2D eigenvalue weighted by atomic mass is 16.5. The lowest BCUT2D eigenvalue weighted by atomic mass is 10.1. The molecule has 0 bridgehead atoms. The van der Waals surface area contributed by atoms with E-state index in [0.29, 0.717) is 25.5 Å². The van der Waals surface area contributed by atoms with Gasteiger partial charge in [-0.15, -0.1) is 0 Å². The van der Waals surface area contributed by atoms with Crippen LogP contribution >= 0.6 is 0 Å². The number of methoxy groups -OCH3 is 1. The lowest BCUT2D eigenvalue weighted by molar-refractivity contribution is -0.128. The fraction of sp³-hybridized carbons (Fsp3) is 0.286. The minimum absolute atomic E-state index is 0.0857. The number of ether oxygens (including phenoxy) is 1. The standard InChI is InChI=1S/C21H20N6O3/c1-30-9-8-26-13-15(10-19(26)28)21(29)25-20-16(11-22)12-23-27(20)18-7-6-14-4-2-3-5-17(14)24-18/h2-7,12,15H,8-10,13H2,1H3,(H,25,29). The Kier molecular flexibility index (Phi) is 5.41. The van der Waals surface area contributed by atoms with Gasteiger partial charge in [-0.2, -0.15) is 15.0 Å². The number of hydrogen-bond donors (Lipinski definition) is 1. The van der Waals surface area contributed by atoms with Crippen LogP contribution in [0.2, 0.25) is 0 Å². The van der Waals surface area contributed by atoms with Crippen LogP contribution in [0.3, 0.4) is 0 Å². The zero-order chi connectivity index (χ0) is 21.1. The van der Waals surface area contributed by atoms with E-state index in [4.69, 9.17) is 4.74 Å². The molecule has 1 saturated heterocycles. The molecule has 0 spiro atoms. The van der Waals surface area contributed by atoms with Crippen molar-refractivity contribution >= 4 is 28.5 Å². The molecule has 30 heavy (non-hydrogen) atoms. The number of carbonyl (C=O) groups excluding carboxylic acids is 2. The fourth-order valence-corrected chi connectivity index (χ4v) is 3.48. The summed E-state index contributed by atoms with van der Waals surface area (Å²) in [5.74, 6) is -0.198. The van der Waals surface area contributed by atoms with Crippen LogP contribution < -0.4 is 5.32 Å². The Bertz CT molecular complexity index is 1150. The number of nitriles is 1. The highest BCUT2D eigenvalue weighted by Crippen LogP contribution is 2.24. The smallest absolute Gasteiger partial charge is 0.230 e. The Morgan fingerprint density at radius 2 is 2.17 bits per heavy atom. The number of aromatic nitrogens is 3. The second kappa shape index (κ2) is 8.31. The third kappa shape index (κ3) is 3.73. The van der Waals surface area contributed by atoms with E-state index >= 15 is 0 Å². The summed E-state index contributed by atoms with van der Waals surface area (Å²) in [4.78, 5) is 31.2. The lowest BCUT2D eigenvalue weighted by Crippen LogP contribution is -2.31. The maximum absolute atomic E-state index is 12.8. The molecule has 3 aromatic rings. The van der Waals surface area contributed by atoms with Crippen LogP contribution in [0.1, 0.15) is 12.0 Å². The van der Waals surface area contributed by atoms with Crippen LogP contribution in [0.4, 0.5) is 5.82 Å². The van der Waals surface area contributed by atoms with Gasteiger partial charge in [0.15, 0.2) is 11.6 Å². The summed E-state index contributed by atoms with van der Waals surface area (Å²) >= 11 is 0. The van der Waals surface area contributed by atoms with Crippen LogP contribution in [0.25, 0.3) is 16.7 Å². The highest BCUT2D eigenvalue weighted by molar-refractivity contribution is 5.97. The molecule has 2 aromatic heterocycles. The number of anilines is 1. The second-order valence-corrected chi connectivity index (χ2v) is 7.02. The monoisotopic (exact) mass is 404 g/mol. The van der Waals surface area contributed by atoms with E-state index in [2.05, 4.69) is 15.4 Å². The number of hydrogen-bond acceptors (Lipinski definition) is 6. The van der Waals surface area contributed by atoms with Gasteiger partial charge in [0.1, 0.15) is 11.6 Å². The van der Waals surface area contributed by atoms with E-state index in [9.17, 15) is 14.9 Å². The number of nitrogens with one attached hydrogen (secondary N) is 1. The zero-order valence-electron chi connectivity index (χ0n) is 16.4. The average Bonchev–Trinajstić information content (AvgIpc) is 3.34. The topological polar surface area (TPSA) is 113 Å². The predicted molar refractivity (Wildman–Crippen MR) is 109 cm³/mol. The molecule has 0 radical (unpaired) electrons. The van der Waals surface area contributed by atoms with Crippen molar-refractivity contribution in [3.05, 3.63) is 48.2 Å². The van der Waals surface area contributed by atoms with Crippen molar-refractivity contribution in [1.29, 1.82) is 5.26 Å². The van der Waals surface area contributed by atoms with Crippen LogP contribution in [-0.2, 0) is 14.3 Å². The first-order chi connectivity index (χ1) is 14.6. The van der Waals surface area contributed by atoms with Gasteiger partial charge < -0.3 is 15.0 Å². The molecule has 1 N–H and O–H groups in total. The number of para-hydroxylation sites is 1. The highest BCUT2D eigenvalue weighted by Gasteiger charge is 2.34. The quantitative estimate of drug-likeness (QED) is 0.669. The van der Waals surface area contributed by atoms with E-state index < -0.39 is 5.92 Å². The van der Waals surface area contributed by atoms with Crippen LogP contribution in [0, 0.1) is 17.2 Å². The van der Waals surface area contributed by atoms with Gasteiger partial charge in [0.25, 0.3) is 0 Å². The Labute approximate surface area is 172 Å². The molecule has 152 valence electrons. The molecular formula is C21H20N6O3. The molecule has 9 heteroatoms. The Hall–Kier alpha value is -3.77. The number of rotatable bonds is 6. The molecule has 1 aromatic carbocycles. The Morgan fingerprint density at radius 1 is 1.33 bits per heavy atom. The first-order valence-corrected chi connectivity index (χ1v) is 9.52. The number of pyridine rings is 1. The molecule has 9 nitrogen and oxygen atoms in total. The van der Waals surface area contributed by atoms with E-state index in [1.54, 1.807) is 18.1 Å². The molecular weight excluding hydrogens is 384 g/mol. The minimum Gasteiger partial charge on any atom is -0.383 e. The summed E-state index contributed by atoms with van der Waals surface area (Å²) in [5, 5.41) is 17.5. The molecule has 1 fully saturated rings. The van der Waals surface area contributed by atoms with E-state index in [1.165, 1.54) is 10.9 Å². The molecule has 3 heterocycles. The third-order valence-corrected chi connectivity index (χ3v) is 5.08. The molecule has 0 aliphatic carbocycles. The number of fused-ring (bicyclic) bond motifs is 1. The van der Waals surface area contributed by atoms with Crippen molar-refractivity contribution in [2.75, 3.05) is 32.1 Å². The summed E-state index contributed by atoms with van der Waals surface area (Å²) in [5.41, 5.74) is 0.996. The molecule has 4 rings (SSSR count). The minimum atomic E-state index is -0.506. The normalized spacial score (nSPS) is 16.1. The predicted octanol–water partition coefficient (Wildman–Crippen LogP) is 1.73. The molecule has 1 unspecified atom stereocenters. The van der Waals surface area contributed by atoms with Crippen molar-refractivity contribution in [1.82, 2.24) is 19.7 Å². The van der Waals surface area contributed by atoms with Gasteiger partial charge in [0, 0.05) is 32.0 Å². The molecule has 1 aliphatic heterocycles. The molecule has 0 saturated carbocycles. The van der Waals surface area contributed by atoms with Crippen molar-refractivity contribution in [3.8, 4) is 11.9 Å². The average molecular weight is 404 g/mol. The van der Waals surface area contributed by atoms with Crippen LogP contribution in [0.5, 0.6) is 0 Å². The Balaban J connectivity index is 1.58. The molecule has 1 aliphatic rings. The SMILES string of the molecule is COCCN1CC(C(=O)Nc2c(C#N)cnn2-c2ccc3ccccc3n2)CC1=O. The van der Waals surface area contributed by atoms with E-state index in [0.717, 1.165) is 10.9 Å².